The number of fused-ring (bicyclic) bond motifs is 1. The quantitative estimate of drug-likeness (QED) is 0.370. The summed E-state index contributed by atoms with van der Waals surface area (Å²) in [5.41, 5.74) is 3.18. The largest absolute Gasteiger partial charge is 0.496 e. The van der Waals surface area contributed by atoms with Crippen molar-refractivity contribution in [3.63, 3.8) is 0 Å². The van der Waals surface area contributed by atoms with Crippen molar-refractivity contribution in [1.82, 2.24) is 13.8 Å². The molecule has 8 nitrogen and oxygen atoms in total. The molecule has 0 bridgehead atoms. The normalized spacial score (nSPS) is 15.5. The van der Waals surface area contributed by atoms with E-state index < -0.39 is 27.7 Å². The van der Waals surface area contributed by atoms with Crippen molar-refractivity contribution in [3.8, 4) is 5.75 Å². The van der Waals surface area contributed by atoms with Crippen LogP contribution in [0.3, 0.4) is 0 Å². The third kappa shape index (κ3) is 5.57. The lowest BCUT2D eigenvalue weighted by Gasteiger charge is -2.37. The second-order valence-corrected chi connectivity index (χ2v) is 11.6. The number of likely N-dealkylation sites (N-methyl/N-ethyl adjacent to an activating group) is 1. The number of halogens is 2. The fraction of sp³-hybridized carbons (Fsp3) is 0.393. The Kier molecular flexibility index (Phi) is 8.43. The van der Waals surface area contributed by atoms with Gasteiger partial charge in [0.2, 0.25) is 15.9 Å². The van der Waals surface area contributed by atoms with E-state index in [1.54, 1.807) is 31.9 Å². The number of nitrogens with zero attached hydrogens (tertiary/aromatic N) is 3. The van der Waals surface area contributed by atoms with E-state index in [1.165, 1.54) is 17.4 Å². The average Bonchev–Trinajstić information content (AvgIpc) is 3.38. The van der Waals surface area contributed by atoms with Gasteiger partial charge in [-0.25, -0.2) is 17.2 Å². The molecular weight excluding hydrogens is 528 g/mol. The molecule has 0 radical (unpaired) electrons. The van der Waals surface area contributed by atoms with Crippen molar-refractivity contribution in [2.45, 2.75) is 38.3 Å². The van der Waals surface area contributed by atoms with Gasteiger partial charge in [0.05, 0.1) is 24.7 Å². The third-order valence-corrected chi connectivity index (χ3v) is 9.41. The van der Waals surface area contributed by atoms with Gasteiger partial charge in [-0.15, -0.1) is 0 Å². The maximum absolute atomic E-state index is 14.0. The molecule has 0 N–H and O–H groups in total. The van der Waals surface area contributed by atoms with E-state index in [2.05, 4.69) is 0 Å². The Bertz CT molecular complexity index is 1490. The third-order valence-electron chi connectivity index (χ3n) is 7.26. The van der Waals surface area contributed by atoms with E-state index in [0.29, 0.717) is 35.5 Å². The summed E-state index contributed by atoms with van der Waals surface area (Å²) < 4.78 is 68.4. The number of aromatic nitrogens is 1. The van der Waals surface area contributed by atoms with E-state index >= 15 is 0 Å². The van der Waals surface area contributed by atoms with E-state index in [-0.39, 0.29) is 30.6 Å². The van der Waals surface area contributed by atoms with E-state index in [0.717, 1.165) is 23.4 Å². The lowest BCUT2D eigenvalue weighted by atomic mass is 9.99. The van der Waals surface area contributed by atoms with Gasteiger partial charge in [0.1, 0.15) is 12.4 Å². The van der Waals surface area contributed by atoms with Crippen LogP contribution in [0.4, 0.5) is 8.78 Å². The summed E-state index contributed by atoms with van der Waals surface area (Å²) in [7, 11) is -0.802. The number of sulfonamides is 1. The molecule has 1 aliphatic rings. The molecule has 3 aromatic rings. The second kappa shape index (κ2) is 11.4. The van der Waals surface area contributed by atoms with Gasteiger partial charge in [-0.1, -0.05) is 6.07 Å². The molecule has 4 rings (SSSR count). The lowest BCUT2D eigenvalue weighted by Crippen LogP contribution is -2.44. The molecule has 210 valence electrons. The van der Waals surface area contributed by atoms with E-state index in [9.17, 15) is 22.0 Å². The molecule has 2 aromatic carbocycles. The number of amides is 1. The highest BCUT2D eigenvalue weighted by Gasteiger charge is 2.33. The second-order valence-electron chi connectivity index (χ2n) is 9.64. The van der Waals surface area contributed by atoms with Crippen LogP contribution >= 0.6 is 0 Å². The predicted molar refractivity (Wildman–Crippen MR) is 142 cm³/mol. The van der Waals surface area contributed by atoms with Crippen LogP contribution < -0.4 is 4.74 Å². The fourth-order valence-corrected chi connectivity index (χ4v) is 6.66. The van der Waals surface area contributed by atoms with Gasteiger partial charge in [0.15, 0.2) is 11.6 Å². The smallest absolute Gasteiger partial charge is 0.249 e. The number of carbonyl (C=O) groups excluding carboxylic acids is 1. The van der Waals surface area contributed by atoms with Gasteiger partial charge in [0, 0.05) is 38.6 Å². The first-order valence-electron chi connectivity index (χ1n) is 12.6. The van der Waals surface area contributed by atoms with Gasteiger partial charge in [-0.3, -0.25) is 4.79 Å². The monoisotopic (exact) mass is 561 g/mol. The Labute approximate surface area is 227 Å². The Morgan fingerprint density at radius 3 is 2.51 bits per heavy atom. The van der Waals surface area contributed by atoms with Gasteiger partial charge in [-0.2, -0.15) is 4.31 Å². The zero-order valence-corrected chi connectivity index (χ0v) is 23.5. The number of benzene rings is 2. The zero-order chi connectivity index (χ0) is 28.5. The highest BCUT2D eigenvalue weighted by molar-refractivity contribution is 7.89. The van der Waals surface area contributed by atoms with Crippen LogP contribution in [0.1, 0.15) is 34.0 Å². The Morgan fingerprint density at radius 1 is 1.08 bits per heavy atom. The van der Waals surface area contributed by atoms with Crippen LogP contribution in [-0.4, -0.2) is 68.6 Å². The molecule has 1 atom stereocenters. The van der Waals surface area contributed by atoms with Crippen molar-refractivity contribution in [2.24, 2.45) is 0 Å². The maximum Gasteiger partial charge on any atom is 0.249 e. The summed E-state index contributed by atoms with van der Waals surface area (Å²) in [6.07, 6.45) is 1.88. The number of aryl methyl sites for hydroxylation is 1. The molecule has 2 heterocycles. The first-order valence-corrected chi connectivity index (χ1v) is 14.0. The molecule has 11 heteroatoms. The molecule has 39 heavy (non-hydrogen) atoms. The van der Waals surface area contributed by atoms with Crippen LogP contribution in [0.25, 0.3) is 0 Å². The lowest BCUT2D eigenvalue weighted by molar-refractivity contribution is -0.138. The number of ether oxygens (including phenoxy) is 2. The number of hydrogen-bond acceptors (Lipinski definition) is 5. The van der Waals surface area contributed by atoms with E-state index in [1.807, 2.05) is 29.8 Å². The Morgan fingerprint density at radius 2 is 1.82 bits per heavy atom. The molecule has 1 aliphatic heterocycles. The van der Waals surface area contributed by atoms with Crippen LogP contribution in [0.15, 0.2) is 47.5 Å². The molecule has 1 amide bonds. The molecule has 1 aromatic heterocycles. The van der Waals surface area contributed by atoms with Gasteiger partial charge >= 0.3 is 0 Å². The SMILES string of the molecule is COc1cc(C)c(S(=O)(=O)N(C)CCOCC(=O)N2CCn3cccc3C2c2ccc(F)c(F)c2)c(C)c1C. The summed E-state index contributed by atoms with van der Waals surface area (Å²) in [6.45, 7) is 5.94. The average molecular weight is 562 g/mol. The van der Waals surface area contributed by atoms with Crippen LogP contribution in [0.2, 0.25) is 0 Å². The standard InChI is InChI=1S/C28H33F2N3O5S/c1-18-15-25(37-5)19(2)20(3)28(18)39(35,36)31(4)13-14-38-17-26(34)33-12-11-32-10-6-7-24(32)27(33)21-8-9-22(29)23(30)16-21/h6-10,15-16,27H,11-14,17H2,1-5H3. The van der Waals surface area contributed by atoms with Crippen molar-refractivity contribution in [1.29, 1.82) is 0 Å². The topological polar surface area (TPSA) is 81.1 Å². The molecule has 0 saturated carbocycles. The van der Waals surface area contributed by atoms with Crippen molar-refractivity contribution >= 4 is 15.9 Å². The predicted octanol–water partition coefficient (Wildman–Crippen LogP) is 3.97. The first-order chi connectivity index (χ1) is 18.5. The minimum Gasteiger partial charge on any atom is -0.496 e. The molecule has 1 unspecified atom stereocenters. The maximum atomic E-state index is 14.0. The van der Waals surface area contributed by atoms with E-state index in [4.69, 9.17) is 9.47 Å². The molecular formula is C28H33F2N3O5S. The first kappa shape index (κ1) is 28.7. The summed E-state index contributed by atoms with van der Waals surface area (Å²) in [4.78, 5) is 15.0. The highest BCUT2D eigenvalue weighted by Crippen LogP contribution is 2.34. The summed E-state index contributed by atoms with van der Waals surface area (Å²) >= 11 is 0. The zero-order valence-electron chi connectivity index (χ0n) is 22.7. The Balaban J connectivity index is 1.42. The summed E-state index contributed by atoms with van der Waals surface area (Å²) in [6, 6.07) is 8.42. The van der Waals surface area contributed by atoms with Crippen molar-refractivity contribution in [2.75, 3.05) is 40.5 Å². The van der Waals surface area contributed by atoms with Crippen LogP contribution in [-0.2, 0) is 26.1 Å². The minimum absolute atomic E-state index is 0.00520. The summed E-state index contributed by atoms with van der Waals surface area (Å²) in [5.74, 6) is -1.65. The van der Waals surface area contributed by atoms with Crippen LogP contribution in [0.5, 0.6) is 5.75 Å². The molecule has 0 aliphatic carbocycles. The van der Waals surface area contributed by atoms with Crippen molar-refractivity contribution in [3.05, 3.63) is 82.2 Å². The van der Waals surface area contributed by atoms with Crippen molar-refractivity contribution < 1.29 is 31.5 Å². The molecule has 0 fully saturated rings. The number of carbonyl (C=O) groups is 1. The van der Waals surface area contributed by atoms with Gasteiger partial charge in [-0.05, 0) is 73.4 Å². The van der Waals surface area contributed by atoms with Gasteiger partial charge in [0.25, 0.3) is 0 Å². The number of rotatable bonds is 9. The number of methoxy groups -OCH3 is 1. The fourth-order valence-electron chi connectivity index (χ4n) is 5.03. The minimum atomic E-state index is -3.81. The van der Waals surface area contributed by atoms with Crippen LogP contribution in [0, 0.1) is 32.4 Å². The highest BCUT2D eigenvalue weighted by atomic mass is 32.2. The molecule has 0 saturated heterocycles. The number of hydrogen-bond donors (Lipinski definition) is 0. The molecule has 0 spiro atoms. The Hall–Kier alpha value is -3.28. The van der Waals surface area contributed by atoms with Gasteiger partial charge < -0.3 is 18.9 Å². The summed E-state index contributed by atoms with van der Waals surface area (Å²) in [5, 5.41) is 0.